The zero-order chi connectivity index (χ0) is 14.7. The van der Waals surface area contributed by atoms with Crippen molar-refractivity contribution in [2.24, 2.45) is 4.99 Å². The Kier molecular flexibility index (Phi) is 5.42. The number of nitrogens with zero attached hydrogens (tertiary/aromatic N) is 2. The van der Waals surface area contributed by atoms with E-state index in [4.69, 9.17) is 5.11 Å². The number of non-ortho nitro benzene ring substituents is 1. The number of rotatable bonds is 3. The molecule has 114 valence electrons. The Morgan fingerprint density at radius 1 is 1.52 bits per heavy atom. The molecule has 0 saturated carbocycles. The molecule has 0 fully saturated rings. The van der Waals surface area contributed by atoms with Gasteiger partial charge in [0, 0.05) is 17.8 Å². The van der Waals surface area contributed by atoms with Crippen LogP contribution in [0.1, 0.15) is 10.4 Å². The van der Waals surface area contributed by atoms with Crippen LogP contribution in [0.4, 0.5) is 15.8 Å². The quantitative estimate of drug-likeness (QED) is 0.573. The van der Waals surface area contributed by atoms with E-state index in [2.05, 4.69) is 15.6 Å². The molecule has 0 aliphatic carbocycles. The Labute approximate surface area is 124 Å². The monoisotopic (exact) mass is 318 g/mol. The summed E-state index contributed by atoms with van der Waals surface area (Å²) in [7, 11) is 0. The molecule has 0 radical (unpaired) electrons. The van der Waals surface area contributed by atoms with E-state index in [0.29, 0.717) is 0 Å². The first-order valence-electron chi connectivity index (χ1n) is 5.68. The SMILES string of the molecule is Cl.O=C(O)c1cc(NC2=NCC(F)CN2)cc([N+](=O)[O-])c1. The molecule has 0 amide bonds. The molecular formula is C11H12ClFN4O4. The molecule has 0 saturated heterocycles. The summed E-state index contributed by atoms with van der Waals surface area (Å²) in [5.74, 6) is -1.03. The molecule has 10 heteroatoms. The van der Waals surface area contributed by atoms with E-state index in [1.54, 1.807) is 0 Å². The van der Waals surface area contributed by atoms with Gasteiger partial charge in [0.05, 0.1) is 23.6 Å². The predicted molar refractivity (Wildman–Crippen MR) is 76.1 cm³/mol. The van der Waals surface area contributed by atoms with Crippen LogP contribution in [-0.4, -0.2) is 41.2 Å². The third-order valence-electron chi connectivity index (χ3n) is 2.58. The standard InChI is InChI=1S/C11H11FN4O4.ClH/c12-7-4-13-11(14-5-7)15-8-1-6(10(17)18)2-9(3-8)16(19)20;/h1-3,7H,4-5H2,(H,17,18)(H2,13,14,15);1H. The van der Waals surface area contributed by atoms with E-state index in [9.17, 15) is 19.3 Å². The van der Waals surface area contributed by atoms with Crippen molar-refractivity contribution in [3.8, 4) is 0 Å². The van der Waals surface area contributed by atoms with Crippen molar-refractivity contribution in [2.45, 2.75) is 6.17 Å². The van der Waals surface area contributed by atoms with Gasteiger partial charge in [-0.25, -0.2) is 14.2 Å². The highest BCUT2D eigenvalue weighted by molar-refractivity contribution is 5.96. The lowest BCUT2D eigenvalue weighted by molar-refractivity contribution is -0.384. The minimum Gasteiger partial charge on any atom is -0.478 e. The number of nitro groups is 1. The Morgan fingerprint density at radius 3 is 2.76 bits per heavy atom. The number of guanidine groups is 1. The second-order valence-corrected chi connectivity index (χ2v) is 4.12. The number of carboxylic acid groups (broad SMARTS) is 1. The number of halogens is 2. The van der Waals surface area contributed by atoms with Crippen LogP contribution in [0.3, 0.4) is 0 Å². The number of benzene rings is 1. The van der Waals surface area contributed by atoms with Crippen molar-refractivity contribution < 1.29 is 19.2 Å². The maximum atomic E-state index is 12.9. The van der Waals surface area contributed by atoms with Gasteiger partial charge in [0.15, 0.2) is 5.96 Å². The summed E-state index contributed by atoms with van der Waals surface area (Å²) < 4.78 is 12.9. The molecule has 0 bridgehead atoms. The molecule has 1 aromatic rings. The first kappa shape index (κ1) is 16.6. The lowest BCUT2D eigenvalue weighted by Gasteiger charge is -2.18. The first-order valence-corrected chi connectivity index (χ1v) is 5.68. The van der Waals surface area contributed by atoms with Gasteiger partial charge in [-0.05, 0) is 6.07 Å². The number of hydrogen-bond donors (Lipinski definition) is 3. The van der Waals surface area contributed by atoms with Crippen LogP contribution in [0.5, 0.6) is 0 Å². The number of nitrogens with one attached hydrogen (secondary N) is 2. The number of alkyl halides is 1. The summed E-state index contributed by atoms with van der Waals surface area (Å²) in [5.41, 5.74) is -0.381. The number of nitro benzene ring substituents is 1. The fourth-order valence-electron chi connectivity index (χ4n) is 1.65. The van der Waals surface area contributed by atoms with Crippen LogP contribution in [-0.2, 0) is 0 Å². The molecule has 8 nitrogen and oxygen atoms in total. The van der Waals surface area contributed by atoms with E-state index in [-0.39, 0.29) is 48.4 Å². The molecule has 1 aliphatic rings. The molecule has 1 aliphatic heterocycles. The summed E-state index contributed by atoms with van der Waals surface area (Å²) in [6, 6.07) is 3.38. The largest absolute Gasteiger partial charge is 0.478 e. The van der Waals surface area contributed by atoms with E-state index in [1.807, 2.05) is 0 Å². The second-order valence-electron chi connectivity index (χ2n) is 4.12. The molecule has 21 heavy (non-hydrogen) atoms. The van der Waals surface area contributed by atoms with Crippen LogP contribution in [0, 0.1) is 10.1 Å². The summed E-state index contributed by atoms with van der Waals surface area (Å²) >= 11 is 0. The molecule has 3 N–H and O–H groups in total. The molecule has 1 aromatic carbocycles. The smallest absolute Gasteiger partial charge is 0.336 e. The van der Waals surface area contributed by atoms with Crippen LogP contribution in [0.2, 0.25) is 0 Å². The minimum atomic E-state index is -1.28. The van der Waals surface area contributed by atoms with Crippen LogP contribution < -0.4 is 10.6 Å². The normalized spacial score (nSPS) is 17.0. The average Bonchev–Trinajstić information content (AvgIpc) is 2.41. The van der Waals surface area contributed by atoms with Crippen molar-refractivity contribution in [1.29, 1.82) is 0 Å². The van der Waals surface area contributed by atoms with Gasteiger partial charge >= 0.3 is 5.97 Å². The van der Waals surface area contributed by atoms with Crippen molar-refractivity contribution in [3.63, 3.8) is 0 Å². The van der Waals surface area contributed by atoms with Gasteiger partial charge < -0.3 is 15.7 Å². The van der Waals surface area contributed by atoms with Gasteiger partial charge in [0.1, 0.15) is 6.17 Å². The minimum absolute atomic E-state index is 0. The zero-order valence-electron chi connectivity index (χ0n) is 10.6. The van der Waals surface area contributed by atoms with Crippen LogP contribution in [0.25, 0.3) is 0 Å². The van der Waals surface area contributed by atoms with E-state index >= 15 is 0 Å². The fourth-order valence-corrected chi connectivity index (χ4v) is 1.65. The lowest BCUT2D eigenvalue weighted by Crippen LogP contribution is -2.40. The van der Waals surface area contributed by atoms with E-state index in [1.165, 1.54) is 12.1 Å². The highest BCUT2D eigenvalue weighted by Gasteiger charge is 2.17. The molecule has 0 spiro atoms. The Morgan fingerprint density at radius 2 is 2.24 bits per heavy atom. The highest BCUT2D eigenvalue weighted by Crippen LogP contribution is 2.21. The summed E-state index contributed by atoms with van der Waals surface area (Å²) in [4.78, 5) is 24.8. The average molecular weight is 319 g/mol. The molecule has 1 unspecified atom stereocenters. The van der Waals surface area contributed by atoms with Crippen molar-refractivity contribution in [1.82, 2.24) is 5.32 Å². The van der Waals surface area contributed by atoms with Gasteiger partial charge in [-0.1, -0.05) is 0 Å². The number of carbonyl (C=O) groups is 1. The van der Waals surface area contributed by atoms with Crippen molar-refractivity contribution in [3.05, 3.63) is 33.9 Å². The van der Waals surface area contributed by atoms with Crippen LogP contribution in [0.15, 0.2) is 23.2 Å². The van der Waals surface area contributed by atoms with Gasteiger partial charge in [-0.2, -0.15) is 0 Å². The fraction of sp³-hybridized carbons (Fsp3) is 0.273. The summed E-state index contributed by atoms with van der Waals surface area (Å²) in [6.07, 6.45) is -1.08. The molecule has 2 rings (SSSR count). The Balaban J connectivity index is 0.00000220. The topological polar surface area (TPSA) is 117 Å². The van der Waals surface area contributed by atoms with Gasteiger partial charge in [-0.15, -0.1) is 12.4 Å². The number of aromatic carboxylic acids is 1. The number of hydrogen-bond acceptors (Lipinski definition) is 6. The molecule has 1 atom stereocenters. The third-order valence-corrected chi connectivity index (χ3v) is 2.58. The van der Waals surface area contributed by atoms with Gasteiger partial charge in [-0.3, -0.25) is 10.1 Å². The lowest BCUT2D eigenvalue weighted by atomic mass is 10.1. The number of carboxylic acids is 1. The van der Waals surface area contributed by atoms with E-state index < -0.39 is 17.1 Å². The molecular weight excluding hydrogens is 307 g/mol. The third kappa shape index (κ3) is 4.28. The molecule has 0 aromatic heterocycles. The van der Waals surface area contributed by atoms with Gasteiger partial charge in [0.25, 0.3) is 5.69 Å². The maximum Gasteiger partial charge on any atom is 0.336 e. The van der Waals surface area contributed by atoms with Crippen LogP contribution >= 0.6 is 12.4 Å². The van der Waals surface area contributed by atoms with Crippen molar-refractivity contribution in [2.75, 3.05) is 18.4 Å². The number of aliphatic imine (C=N–C) groups is 1. The highest BCUT2D eigenvalue weighted by atomic mass is 35.5. The Bertz CT molecular complexity index is 563. The molecule has 1 heterocycles. The summed E-state index contributed by atoms with van der Waals surface area (Å²) in [5, 5.41) is 25.0. The second kappa shape index (κ2) is 6.84. The summed E-state index contributed by atoms with van der Waals surface area (Å²) in [6.45, 7) is 0.0581. The maximum absolute atomic E-state index is 12.9. The van der Waals surface area contributed by atoms with E-state index in [0.717, 1.165) is 6.07 Å². The Hall–Kier alpha value is -2.42. The predicted octanol–water partition coefficient (Wildman–Crippen LogP) is 1.42. The van der Waals surface area contributed by atoms with Gasteiger partial charge in [0.2, 0.25) is 0 Å². The first-order chi connectivity index (χ1) is 9.45. The number of anilines is 1. The zero-order valence-corrected chi connectivity index (χ0v) is 11.4. The van der Waals surface area contributed by atoms with Crippen molar-refractivity contribution >= 4 is 35.7 Å².